The van der Waals surface area contributed by atoms with E-state index in [0.717, 1.165) is 12.0 Å². The van der Waals surface area contributed by atoms with Gasteiger partial charge in [-0.05, 0) is 48.2 Å². The number of Topliss-reactive ketones (excluding diaryl/α,β-unsaturated/α-hetero) is 1. The molecule has 1 unspecified atom stereocenters. The standard InChI is InChI=1S/C28H26N2O6/c1-2-17-36-23-13-11-20(12-14-23)26(31)24-25(21-9-6-10-22(18-21)30(34)35)29(28(33)27(24)32)16-15-19-7-4-3-5-8-19/h3-14,18,25,31H,2,15-17H2,1H3. The van der Waals surface area contributed by atoms with Crippen LogP contribution in [0.2, 0.25) is 0 Å². The highest BCUT2D eigenvalue weighted by atomic mass is 16.6. The summed E-state index contributed by atoms with van der Waals surface area (Å²) in [6, 6.07) is 20.9. The lowest BCUT2D eigenvalue weighted by molar-refractivity contribution is -0.384. The van der Waals surface area contributed by atoms with Crippen LogP contribution in [0.15, 0.2) is 84.4 Å². The molecule has 1 saturated heterocycles. The minimum Gasteiger partial charge on any atom is -0.507 e. The van der Waals surface area contributed by atoms with E-state index < -0.39 is 22.7 Å². The molecule has 1 heterocycles. The Labute approximate surface area is 208 Å². The lowest BCUT2D eigenvalue weighted by Crippen LogP contribution is -2.31. The summed E-state index contributed by atoms with van der Waals surface area (Å²) in [4.78, 5) is 38.6. The molecule has 3 aromatic carbocycles. The number of nitrogens with zero attached hydrogens (tertiary/aromatic N) is 2. The molecule has 1 aliphatic rings. The third-order valence-electron chi connectivity index (χ3n) is 6.02. The highest BCUT2D eigenvalue weighted by Gasteiger charge is 2.46. The van der Waals surface area contributed by atoms with E-state index in [-0.39, 0.29) is 23.6 Å². The normalized spacial score (nSPS) is 16.8. The molecule has 0 aromatic heterocycles. The van der Waals surface area contributed by atoms with E-state index in [1.807, 2.05) is 37.3 Å². The molecule has 36 heavy (non-hydrogen) atoms. The number of hydrogen-bond acceptors (Lipinski definition) is 6. The molecular weight excluding hydrogens is 460 g/mol. The molecular formula is C28H26N2O6. The van der Waals surface area contributed by atoms with Crippen LogP contribution < -0.4 is 4.74 Å². The first kappa shape index (κ1) is 24.7. The fourth-order valence-electron chi connectivity index (χ4n) is 4.24. The summed E-state index contributed by atoms with van der Waals surface area (Å²) in [6.45, 7) is 2.73. The topological polar surface area (TPSA) is 110 Å². The summed E-state index contributed by atoms with van der Waals surface area (Å²) in [7, 11) is 0. The Bertz CT molecular complexity index is 1300. The first-order chi connectivity index (χ1) is 17.4. The average Bonchev–Trinajstić information content (AvgIpc) is 3.16. The van der Waals surface area contributed by atoms with Gasteiger partial charge in [-0.25, -0.2) is 0 Å². The van der Waals surface area contributed by atoms with Gasteiger partial charge in [-0.3, -0.25) is 19.7 Å². The minimum atomic E-state index is -0.968. The lowest BCUT2D eigenvalue weighted by Gasteiger charge is -2.25. The zero-order chi connectivity index (χ0) is 25.7. The van der Waals surface area contributed by atoms with E-state index in [1.165, 1.54) is 23.1 Å². The lowest BCUT2D eigenvalue weighted by atomic mass is 9.95. The summed E-state index contributed by atoms with van der Waals surface area (Å²) in [6.07, 6.45) is 1.32. The van der Waals surface area contributed by atoms with Crippen molar-refractivity contribution in [2.75, 3.05) is 13.2 Å². The second-order valence-electron chi connectivity index (χ2n) is 8.45. The highest BCUT2D eigenvalue weighted by molar-refractivity contribution is 6.46. The number of aliphatic hydroxyl groups excluding tert-OH is 1. The maximum absolute atomic E-state index is 13.2. The fourth-order valence-corrected chi connectivity index (χ4v) is 4.24. The van der Waals surface area contributed by atoms with Crippen molar-refractivity contribution in [1.82, 2.24) is 4.90 Å². The molecule has 1 fully saturated rings. The maximum Gasteiger partial charge on any atom is 0.295 e. The predicted molar refractivity (Wildman–Crippen MR) is 134 cm³/mol. The van der Waals surface area contributed by atoms with Gasteiger partial charge in [0.1, 0.15) is 11.5 Å². The quantitative estimate of drug-likeness (QED) is 0.149. The number of carbonyl (C=O) groups is 2. The van der Waals surface area contributed by atoms with Gasteiger partial charge in [-0.1, -0.05) is 49.4 Å². The van der Waals surface area contributed by atoms with Crippen LogP contribution >= 0.6 is 0 Å². The number of carbonyl (C=O) groups excluding carboxylic acids is 2. The molecule has 0 saturated carbocycles. The van der Waals surface area contributed by atoms with Crippen molar-refractivity contribution in [1.29, 1.82) is 0 Å². The maximum atomic E-state index is 13.2. The van der Waals surface area contributed by atoms with Crippen LogP contribution in [0.1, 0.15) is 36.1 Å². The molecule has 184 valence electrons. The number of rotatable bonds is 9. The monoisotopic (exact) mass is 486 g/mol. The number of ketones is 1. The second-order valence-corrected chi connectivity index (χ2v) is 8.45. The van der Waals surface area contributed by atoms with E-state index in [1.54, 1.807) is 30.3 Å². The van der Waals surface area contributed by atoms with Crippen molar-refractivity contribution in [3.05, 3.63) is 111 Å². The fraction of sp³-hybridized carbons (Fsp3) is 0.214. The number of hydrogen-bond donors (Lipinski definition) is 1. The van der Waals surface area contributed by atoms with Gasteiger partial charge in [0.05, 0.1) is 23.1 Å². The van der Waals surface area contributed by atoms with Crippen LogP contribution in [0.25, 0.3) is 5.76 Å². The molecule has 0 radical (unpaired) electrons. The summed E-state index contributed by atoms with van der Waals surface area (Å²) in [5.41, 5.74) is 1.42. The van der Waals surface area contributed by atoms with Gasteiger partial charge in [0.2, 0.25) is 0 Å². The SMILES string of the molecule is CCCOc1ccc(C(O)=C2C(=O)C(=O)N(CCc3ccccc3)C2c2cccc([N+](=O)[O-])c2)cc1. The highest BCUT2D eigenvalue weighted by Crippen LogP contribution is 2.40. The van der Waals surface area contributed by atoms with E-state index >= 15 is 0 Å². The van der Waals surface area contributed by atoms with Gasteiger partial charge in [-0.2, -0.15) is 0 Å². The molecule has 0 bridgehead atoms. The summed E-state index contributed by atoms with van der Waals surface area (Å²) < 4.78 is 5.58. The van der Waals surface area contributed by atoms with Crippen molar-refractivity contribution in [3.63, 3.8) is 0 Å². The van der Waals surface area contributed by atoms with Crippen LogP contribution in [0, 0.1) is 10.1 Å². The molecule has 3 aromatic rings. The Hall–Kier alpha value is -4.46. The van der Waals surface area contributed by atoms with Crippen LogP contribution in [0.5, 0.6) is 5.75 Å². The zero-order valence-corrected chi connectivity index (χ0v) is 19.8. The van der Waals surface area contributed by atoms with Crippen molar-refractivity contribution in [3.8, 4) is 5.75 Å². The second kappa shape index (κ2) is 10.9. The first-order valence-corrected chi connectivity index (χ1v) is 11.7. The van der Waals surface area contributed by atoms with Gasteiger partial charge in [0.25, 0.3) is 17.4 Å². The van der Waals surface area contributed by atoms with Crippen molar-refractivity contribution < 1.29 is 24.4 Å². The third-order valence-corrected chi connectivity index (χ3v) is 6.02. The smallest absolute Gasteiger partial charge is 0.295 e. The van der Waals surface area contributed by atoms with Gasteiger partial charge in [0, 0.05) is 24.2 Å². The van der Waals surface area contributed by atoms with Crippen molar-refractivity contribution in [2.24, 2.45) is 0 Å². The molecule has 1 aliphatic heterocycles. The van der Waals surface area contributed by atoms with Crippen molar-refractivity contribution in [2.45, 2.75) is 25.8 Å². The minimum absolute atomic E-state index is 0.101. The number of ether oxygens (including phenoxy) is 1. The van der Waals surface area contributed by atoms with Crippen LogP contribution in [0.3, 0.4) is 0 Å². The number of likely N-dealkylation sites (tertiary alicyclic amines) is 1. The van der Waals surface area contributed by atoms with E-state index in [4.69, 9.17) is 4.74 Å². The Kier molecular flexibility index (Phi) is 7.44. The number of non-ortho nitro benzene ring substituents is 1. The van der Waals surface area contributed by atoms with E-state index in [0.29, 0.717) is 29.9 Å². The number of nitro benzene ring substituents is 1. The average molecular weight is 487 g/mol. The summed E-state index contributed by atoms with van der Waals surface area (Å²) in [5, 5.41) is 22.6. The zero-order valence-electron chi connectivity index (χ0n) is 19.8. The Morgan fingerprint density at radius 2 is 1.75 bits per heavy atom. The third kappa shape index (κ3) is 5.12. The molecule has 1 N–H and O–H groups in total. The molecule has 0 aliphatic carbocycles. The van der Waals surface area contributed by atoms with E-state index in [9.17, 15) is 24.8 Å². The van der Waals surface area contributed by atoms with Gasteiger partial charge < -0.3 is 14.7 Å². The van der Waals surface area contributed by atoms with Crippen LogP contribution in [0.4, 0.5) is 5.69 Å². The number of amides is 1. The largest absolute Gasteiger partial charge is 0.507 e. The van der Waals surface area contributed by atoms with Gasteiger partial charge in [0.15, 0.2) is 0 Å². The number of benzene rings is 3. The van der Waals surface area contributed by atoms with Gasteiger partial charge >= 0.3 is 0 Å². The summed E-state index contributed by atoms with van der Waals surface area (Å²) >= 11 is 0. The Morgan fingerprint density at radius 1 is 1.03 bits per heavy atom. The van der Waals surface area contributed by atoms with Gasteiger partial charge in [-0.15, -0.1) is 0 Å². The number of aliphatic hydroxyl groups is 1. The molecule has 1 amide bonds. The molecule has 8 heteroatoms. The van der Waals surface area contributed by atoms with Crippen LogP contribution in [-0.2, 0) is 16.0 Å². The number of nitro groups is 1. The Balaban J connectivity index is 1.76. The molecule has 8 nitrogen and oxygen atoms in total. The van der Waals surface area contributed by atoms with Crippen molar-refractivity contribution >= 4 is 23.1 Å². The van der Waals surface area contributed by atoms with E-state index in [2.05, 4.69) is 0 Å². The predicted octanol–water partition coefficient (Wildman–Crippen LogP) is 5.05. The Morgan fingerprint density at radius 3 is 2.42 bits per heavy atom. The first-order valence-electron chi connectivity index (χ1n) is 11.7. The molecule has 0 spiro atoms. The van der Waals surface area contributed by atoms with Crippen LogP contribution in [-0.4, -0.2) is 39.8 Å². The molecule has 1 atom stereocenters. The summed E-state index contributed by atoms with van der Waals surface area (Å²) in [5.74, 6) is -1.31. The molecule has 4 rings (SSSR count).